The van der Waals surface area contributed by atoms with Crippen LogP contribution in [0.1, 0.15) is 63.0 Å². The Morgan fingerprint density at radius 3 is 2.88 bits per heavy atom. The zero-order chi connectivity index (χ0) is 18.4. The van der Waals surface area contributed by atoms with Gasteiger partial charge in [-0.25, -0.2) is 4.79 Å². The number of hydrogen-bond acceptors (Lipinski definition) is 5. The number of hydrogen-bond donors (Lipinski definition) is 2. The summed E-state index contributed by atoms with van der Waals surface area (Å²) < 4.78 is 2.30. The molecule has 1 aromatic heterocycles. The molecule has 0 saturated carbocycles. The fraction of sp³-hybridized carbons (Fsp3) is 0.778. The Labute approximate surface area is 154 Å². The number of rotatable bonds is 5. The normalized spacial score (nSPS) is 20.9. The van der Waals surface area contributed by atoms with Crippen LogP contribution in [0.4, 0.5) is 4.79 Å². The highest BCUT2D eigenvalue weighted by Crippen LogP contribution is 2.27. The van der Waals surface area contributed by atoms with Crippen LogP contribution >= 0.6 is 0 Å². The van der Waals surface area contributed by atoms with Gasteiger partial charge in [-0.3, -0.25) is 15.0 Å². The highest BCUT2D eigenvalue weighted by Gasteiger charge is 2.28. The maximum Gasteiger partial charge on any atom is 0.321 e. The molecule has 0 aromatic carbocycles. The predicted molar refractivity (Wildman–Crippen MR) is 97.8 cm³/mol. The number of imide groups is 1. The molecule has 1 atom stereocenters. The second kappa shape index (κ2) is 9.12. The van der Waals surface area contributed by atoms with Crippen LogP contribution in [0.3, 0.4) is 0 Å². The van der Waals surface area contributed by atoms with Gasteiger partial charge in [0, 0.05) is 32.0 Å². The quantitative estimate of drug-likeness (QED) is 0.826. The summed E-state index contributed by atoms with van der Waals surface area (Å²) >= 11 is 0. The van der Waals surface area contributed by atoms with E-state index in [-0.39, 0.29) is 12.5 Å². The molecule has 0 aliphatic carbocycles. The van der Waals surface area contributed by atoms with Gasteiger partial charge in [-0.1, -0.05) is 13.3 Å². The van der Waals surface area contributed by atoms with Crippen molar-refractivity contribution >= 4 is 11.9 Å². The van der Waals surface area contributed by atoms with E-state index < -0.39 is 6.03 Å². The van der Waals surface area contributed by atoms with Crippen molar-refractivity contribution in [2.45, 2.75) is 64.3 Å². The molecule has 3 amide bonds. The number of nitrogens with zero attached hydrogens (tertiary/aromatic N) is 4. The lowest BCUT2D eigenvalue weighted by molar-refractivity contribution is -0.121. The summed E-state index contributed by atoms with van der Waals surface area (Å²) in [6.07, 6.45) is 7.59. The van der Waals surface area contributed by atoms with Gasteiger partial charge in [-0.05, 0) is 38.6 Å². The van der Waals surface area contributed by atoms with Crippen LogP contribution in [-0.4, -0.2) is 57.8 Å². The second-order valence-corrected chi connectivity index (χ2v) is 7.32. The van der Waals surface area contributed by atoms with E-state index in [1.807, 2.05) is 6.92 Å². The Morgan fingerprint density at radius 2 is 2.04 bits per heavy atom. The first-order valence-corrected chi connectivity index (χ1v) is 9.89. The Hall–Kier alpha value is -1.96. The summed E-state index contributed by atoms with van der Waals surface area (Å²) in [5.74, 6) is 2.25. The lowest BCUT2D eigenvalue weighted by Crippen LogP contribution is -2.46. The number of urea groups is 1. The fourth-order valence-electron chi connectivity index (χ4n) is 3.87. The molecular formula is C18H30N6O2. The standard InChI is InChI=1S/C18H30N6O2/c1-2-9-19-18(26)20-16(25)13-23-10-6-7-14(12-23)17-22-21-15-8-4-3-5-11-24(15)17/h14H,2-13H2,1H3,(H2,19,20,25,26). The third-order valence-electron chi connectivity index (χ3n) is 5.16. The Balaban J connectivity index is 1.55. The first-order chi connectivity index (χ1) is 12.7. The number of likely N-dealkylation sites (tertiary alicyclic amines) is 1. The molecule has 1 unspecified atom stereocenters. The van der Waals surface area contributed by atoms with E-state index in [9.17, 15) is 9.59 Å². The molecule has 0 radical (unpaired) electrons. The summed E-state index contributed by atoms with van der Waals surface area (Å²) in [6.45, 7) is 5.47. The minimum absolute atomic E-state index is 0.247. The Kier molecular flexibility index (Phi) is 6.60. The first-order valence-electron chi connectivity index (χ1n) is 9.89. The summed E-state index contributed by atoms with van der Waals surface area (Å²) in [6, 6.07) is -0.409. The van der Waals surface area contributed by atoms with Gasteiger partial charge in [0.1, 0.15) is 11.6 Å². The zero-order valence-corrected chi connectivity index (χ0v) is 15.7. The predicted octanol–water partition coefficient (Wildman–Crippen LogP) is 1.42. The molecule has 2 aliphatic heterocycles. The van der Waals surface area contributed by atoms with E-state index >= 15 is 0 Å². The van der Waals surface area contributed by atoms with E-state index in [1.54, 1.807) is 0 Å². The number of aryl methyl sites for hydroxylation is 1. The average molecular weight is 362 g/mol. The summed E-state index contributed by atoms with van der Waals surface area (Å²) in [5.41, 5.74) is 0. The van der Waals surface area contributed by atoms with Gasteiger partial charge in [0.15, 0.2) is 0 Å². The van der Waals surface area contributed by atoms with Crippen molar-refractivity contribution in [3.8, 4) is 0 Å². The lowest BCUT2D eigenvalue weighted by atomic mass is 9.97. The van der Waals surface area contributed by atoms with Gasteiger partial charge in [0.2, 0.25) is 5.91 Å². The largest absolute Gasteiger partial charge is 0.338 e. The van der Waals surface area contributed by atoms with Gasteiger partial charge in [-0.15, -0.1) is 10.2 Å². The molecular weight excluding hydrogens is 332 g/mol. The maximum atomic E-state index is 12.1. The van der Waals surface area contributed by atoms with Crippen molar-refractivity contribution < 1.29 is 9.59 Å². The third-order valence-corrected chi connectivity index (χ3v) is 5.16. The molecule has 26 heavy (non-hydrogen) atoms. The van der Waals surface area contributed by atoms with Crippen LogP contribution in [0.25, 0.3) is 0 Å². The van der Waals surface area contributed by atoms with E-state index in [0.717, 1.165) is 57.0 Å². The molecule has 1 aromatic rings. The van der Waals surface area contributed by atoms with E-state index in [0.29, 0.717) is 12.5 Å². The van der Waals surface area contributed by atoms with E-state index in [2.05, 4.69) is 30.3 Å². The maximum absolute atomic E-state index is 12.1. The van der Waals surface area contributed by atoms with Crippen LogP contribution in [0, 0.1) is 0 Å². The molecule has 0 spiro atoms. The van der Waals surface area contributed by atoms with E-state index in [4.69, 9.17) is 0 Å². The molecule has 8 nitrogen and oxygen atoms in total. The zero-order valence-electron chi connectivity index (χ0n) is 15.7. The SMILES string of the molecule is CCCNC(=O)NC(=O)CN1CCCC(c2nnc3n2CCCCC3)C1. The average Bonchev–Trinajstić information content (AvgIpc) is 2.88. The monoisotopic (exact) mass is 362 g/mol. The Morgan fingerprint density at radius 1 is 1.15 bits per heavy atom. The van der Waals surface area contributed by atoms with Crippen molar-refractivity contribution in [1.82, 2.24) is 30.3 Å². The number of carbonyl (C=O) groups is 2. The van der Waals surface area contributed by atoms with Crippen molar-refractivity contribution in [3.05, 3.63) is 11.6 Å². The highest BCUT2D eigenvalue weighted by molar-refractivity contribution is 5.95. The van der Waals surface area contributed by atoms with Gasteiger partial charge < -0.3 is 9.88 Å². The number of amides is 3. The number of carbonyl (C=O) groups excluding carboxylic acids is 2. The topological polar surface area (TPSA) is 92.2 Å². The van der Waals surface area contributed by atoms with Crippen LogP contribution < -0.4 is 10.6 Å². The highest BCUT2D eigenvalue weighted by atomic mass is 16.2. The van der Waals surface area contributed by atoms with Crippen LogP contribution in [0.2, 0.25) is 0 Å². The number of fused-ring (bicyclic) bond motifs is 1. The molecule has 3 heterocycles. The first kappa shape index (κ1) is 18.8. The van der Waals surface area contributed by atoms with Gasteiger partial charge in [0.05, 0.1) is 6.54 Å². The number of nitrogens with one attached hydrogen (secondary N) is 2. The van der Waals surface area contributed by atoms with Crippen LogP contribution in [0.5, 0.6) is 0 Å². The second-order valence-electron chi connectivity index (χ2n) is 7.32. The molecule has 3 rings (SSSR count). The summed E-state index contributed by atoms with van der Waals surface area (Å²) in [4.78, 5) is 25.8. The van der Waals surface area contributed by atoms with Crippen molar-refractivity contribution in [2.75, 3.05) is 26.2 Å². The molecule has 1 saturated heterocycles. The van der Waals surface area contributed by atoms with Crippen LogP contribution in [-0.2, 0) is 17.8 Å². The summed E-state index contributed by atoms with van der Waals surface area (Å²) in [5, 5.41) is 14.0. The molecule has 2 N–H and O–H groups in total. The van der Waals surface area contributed by atoms with Crippen LogP contribution in [0.15, 0.2) is 0 Å². The van der Waals surface area contributed by atoms with Gasteiger partial charge in [0.25, 0.3) is 0 Å². The molecule has 2 aliphatic rings. The number of aromatic nitrogens is 3. The van der Waals surface area contributed by atoms with Gasteiger partial charge in [-0.2, -0.15) is 0 Å². The number of piperidine rings is 1. The van der Waals surface area contributed by atoms with Crippen molar-refractivity contribution in [1.29, 1.82) is 0 Å². The molecule has 1 fully saturated rings. The summed E-state index contributed by atoms with van der Waals surface area (Å²) in [7, 11) is 0. The third kappa shape index (κ3) is 4.81. The van der Waals surface area contributed by atoms with Crippen molar-refractivity contribution in [2.24, 2.45) is 0 Å². The van der Waals surface area contributed by atoms with Gasteiger partial charge >= 0.3 is 6.03 Å². The smallest absolute Gasteiger partial charge is 0.321 e. The Bertz CT molecular complexity index is 629. The lowest BCUT2D eigenvalue weighted by Gasteiger charge is -2.31. The van der Waals surface area contributed by atoms with E-state index in [1.165, 1.54) is 19.3 Å². The minimum Gasteiger partial charge on any atom is -0.338 e. The fourth-order valence-corrected chi connectivity index (χ4v) is 3.87. The minimum atomic E-state index is -0.409. The molecule has 0 bridgehead atoms. The molecule has 8 heteroatoms. The molecule has 144 valence electrons. The van der Waals surface area contributed by atoms with Crippen molar-refractivity contribution in [3.63, 3.8) is 0 Å².